The summed E-state index contributed by atoms with van der Waals surface area (Å²) in [5.74, 6) is 0.159. The van der Waals surface area contributed by atoms with Gasteiger partial charge in [0.1, 0.15) is 12.2 Å². The number of methoxy groups -OCH3 is 1. The molecule has 0 unspecified atom stereocenters. The Balaban J connectivity index is 1.74. The molecule has 1 amide bonds. The fourth-order valence-electron chi connectivity index (χ4n) is 2.99. The molecule has 0 aliphatic rings. The van der Waals surface area contributed by atoms with E-state index in [9.17, 15) is 4.79 Å². The Morgan fingerprint density at radius 3 is 2.18 bits per heavy atom. The highest BCUT2D eigenvalue weighted by atomic mass is 16.5. The Morgan fingerprint density at radius 1 is 0.929 bits per heavy atom. The van der Waals surface area contributed by atoms with Crippen LogP contribution in [0, 0.1) is 0 Å². The number of pyridine rings is 1. The van der Waals surface area contributed by atoms with E-state index >= 15 is 0 Å². The quantitative estimate of drug-likeness (QED) is 0.579. The fraction of sp³-hybridized carbons (Fsp3) is 0.217. The highest BCUT2D eigenvalue weighted by Crippen LogP contribution is 2.24. The van der Waals surface area contributed by atoms with Gasteiger partial charge in [-0.2, -0.15) is 0 Å². The molecule has 1 aromatic heterocycles. The molecule has 5 nitrogen and oxygen atoms in total. The van der Waals surface area contributed by atoms with Gasteiger partial charge in [0.15, 0.2) is 0 Å². The fourth-order valence-corrected chi connectivity index (χ4v) is 2.99. The van der Waals surface area contributed by atoms with Crippen molar-refractivity contribution in [2.45, 2.75) is 5.92 Å². The van der Waals surface area contributed by atoms with Gasteiger partial charge in [0.05, 0.1) is 6.61 Å². The Bertz CT molecular complexity index is 830. The monoisotopic (exact) mass is 376 g/mol. The minimum absolute atomic E-state index is 0.0564. The lowest BCUT2D eigenvalue weighted by Gasteiger charge is -2.19. The average molecular weight is 376 g/mol. The van der Waals surface area contributed by atoms with E-state index < -0.39 is 0 Å². The summed E-state index contributed by atoms with van der Waals surface area (Å²) in [5, 5.41) is 3.04. The van der Waals surface area contributed by atoms with Crippen LogP contribution in [0.25, 0.3) is 0 Å². The van der Waals surface area contributed by atoms with Crippen molar-refractivity contribution < 1.29 is 14.3 Å². The van der Waals surface area contributed by atoms with E-state index in [0.29, 0.717) is 31.2 Å². The Hall–Kier alpha value is -3.18. The van der Waals surface area contributed by atoms with Crippen molar-refractivity contribution in [3.05, 3.63) is 95.7 Å². The molecular formula is C23H24N2O3. The van der Waals surface area contributed by atoms with Crippen molar-refractivity contribution in [2.75, 3.05) is 26.9 Å². The van der Waals surface area contributed by atoms with Crippen LogP contribution in [-0.2, 0) is 4.74 Å². The summed E-state index contributed by atoms with van der Waals surface area (Å²) in [6, 6.07) is 23.8. The maximum Gasteiger partial charge on any atom is 0.256 e. The molecule has 1 heterocycles. The first kappa shape index (κ1) is 19.6. The van der Waals surface area contributed by atoms with Gasteiger partial charge in [-0.15, -0.1) is 0 Å². The normalized spacial score (nSPS) is 10.6. The standard InChI is InChI=1S/C23H24N2O3/c1-27-15-16-28-23-20(13-8-14-24-23)22(26)25-17-21(18-9-4-2-5-10-18)19-11-6-3-7-12-19/h2-14,21H,15-17H2,1H3,(H,25,26). The first-order chi connectivity index (χ1) is 13.8. The second-order valence-corrected chi connectivity index (χ2v) is 6.28. The van der Waals surface area contributed by atoms with Gasteiger partial charge in [0.25, 0.3) is 5.91 Å². The molecule has 0 spiro atoms. The summed E-state index contributed by atoms with van der Waals surface area (Å²) in [6.45, 7) is 1.24. The topological polar surface area (TPSA) is 60.5 Å². The van der Waals surface area contributed by atoms with Crippen LogP contribution in [-0.4, -0.2) is 37.8 Å². The summed E-state index contributed by atoms with van der Waals surface area (Å²) in [6.07, 6.45) is 1.61. The lowest BCUT2D eigenvalue weighted by molar-refractivity contribution is 0.0943. The van der Waals surface area contributed by atoms with Crippen molar-refractivity contribution in [3.8, 4) is 5.88 Å². The summed E-state index contributed by atoms with van der Waals surface area (Å²) in [5.41, 5.74) is 2.71. The Morgan fingerprint density at radius 2 is 1.57 bits per heavy atom. The van der Waals surface area contributed by atoms with Crippen LogP contribution >= 0.6 is 0 Å². The zero-order valence-electron chi connectivity index (χ0n) is 15.9. The summed E-state index contributed by atoms with van der Waals surface area (Å²) in [4.78, 5) is 17.0. The lowest BCUT2D eigenvalue weighted by Crippen LogP contribution is -2.29. The lowest BCUT2D eigenvalue weighted by atomic mass is 9.91. The van der Waals surface area contributed by atoms with Gasteiger partial charge in [0, 0.05) is 25.8 Å². The number of amides is 1. The van der Waals surface area contributed by atoms with E-state index in [4.69, 9.17) is 9.47 Å². The maximum atomic E-state index is 12.8. The highest BCUT2D eigenvalue weighted by Gasteiger charge is 2.18. The number of carbonyl (C=O) groups is 1. The average Bonchev–Trinajstić information content (AvgIpc) is 2.76. The highest BCUT2D eigenvalue weighted by molar-refractivity contribution is 5.96. The Kier molecular flexibility index (Phi) is 7.15. The number of aromatic nitrogens is 1. The molecule has 0 radical (unpaired) electrons. The van der Waals surface area contributed by atoms with Crippen LogP contribution in [0.1, 0.15) is 27.4 Å². The van der Waals surface area contributed by atoms with Crippen LogP contribution in [0.15, 0.2) is 79.0 Å². The molecule has 144 valence electrons. The number of benzene rings is 2. The van der Waals surface area contributed by atoms with Crippen LogP contribution < -0.4 is 10.1 Å². The van der Waals surface area contributed by atoms with Gasteiger partial charge < -0.3 is 14.8 Å². The van der Waals surface area contributed by atoms with Crippen LogP contribution in [0.2, 0.25) is 0 Å². The van der Waals surface area contributed by atoms with E-state index in [0.717, 1.165) is 11.1 Å². The smallest absolute Gasteiger partial charge is 0.256 e. The third kappa shape index (κ3) is 5.18. The van der Waals surface area contributed by atoms with Crippen LogP contribution in [0.5, 0.6) is 5.88 Å². The molecule has 2 aromatic carbocycles. The minimum Gasteiger partial charge on any atom is -0.475 e. The number of nitrogens with one attached hydrogen (secondary N) is 1. The molecule has 0 bridgehead atoms. The van der Waals surface area contributed by atoms with Gasteiger partial charge in [0.2, 0.25) is 5.88 Å². The number of carbonyl (C=O) groups excluding carboxylic acids is 1. The summed E-state index contributed by atoms with van der Waals surface area (Å²) >= 11 is 0. The predicted molar refractivity (Wildman–Crippen MR) is 109 cm³/mol. The summed E-state index contributed by atoms with van der Waals surface area (Å²) < 4.78 is 10.6. The molecule has 28 heavy (non-hydrogen) atoms. The molecule has 0 saturated heterocycles. The molecule has 5 heteroatoms. The van der Waals surface area contributed by atoms with E-state index in [1.165, 1.54) is 0 Å². The summed E-state index contributed by atoms with van der Waals surface area (Å²) in [7, 11) is 1.60. The molecule has 0 aliphatic heterocycles. The zero-order chi connectivity index (χ0) is 19.6. The van der Waals surface area contributed by atoms with E-state index in [1.807, 2.05) is 36.4 Å². The van der Waals surface area contributed by atoms with E-state index in [2.05, 4.69) is 34.6 Å². The molecule has 0 saturated carbocycles. The molecule has 1 N–H and O–H groups in total. The number of hydrogen-bond acceptors (Lipinski definition) is 4. The van der Waals surface area contributed by atoms with Gasteiger partial charge in [-0.3, -0.25) is 4.79 Å². The first-order valence-electron chi connectivity index (χ1n) is 9.24. The molecule has 3 rings (SSSR count). The number of hydrogen-bond donors (Lipinski definition) is 1. The molecule has 0 aliphatic carbocycles. The van der Waals surface area contributed by atoms with Crippen molar-refractivity contribution in [1.29, 1.82) is 0 Å². The molecule has 3 aromatic rings. The number of nitrogens with zero attached hydrogens (tertiary/aromatic N) is 1. The van der Waals surface area contributed by atoms with Gasteiger partial charge >= 0.3 is 0 Å². The zero-order valence-corrected chi connectivity index (χ0v) is 15.9. The Labute approximate surface area is 165 Å². The van der Waals surface area contributed by atoms with Crippen molar-refractivity contribution in [1.82, 2.24) is 10.3 Å². The number of ether oxygens (including phenoxy) is 2. The van der Waals surface area contributed by atoms with Crippen LogP contribution in [0.3, 0.4) is 0 Å². The minimum atomic E-state index is -0.211. The maximum absolute atomic E-state index is 12.8. The van der Waals surface area contributed by atoms with E-state index in [-0.39, 0.29) is 11.8 Å². The molecular weight excluding hydrogens is 352 g/mol. The van der Waals surface area contributed by atoms with Crippen LogP contribution in [0.4, 0.5) is 0 Å². The predicted octanol–water partition coefficient (Wildman–Crippen LogP) is 3.67. The largest absolute Gasteiger partial charge is 0.475 e. The third-order valence-electron chi connectivity index (χ3n) is 4.41. The van der Waals surface area contributed by atoms with Crippen molar-refractivity contribution in [3.63, 3.8) is 0 Å². The second kappa shape index (κ2) is 10.2. The van der Waals surface area contributed by atoms with Gasteiger partial charge in [-0.1, -0.05) is 60.7 Å². The molecule has 0 atom stereocenters. The third-order valence-corrected chi connectivity index (χ3v) is 4.41. The second-order valence-electron chi connectivity index (χ2n) is 6.28. The van der Waals surface area contributed by atoms with Crippen molar-refractivity contribution >= 4 is 5.91 Å². The van der Waals surface area contributed by atoms with Gasteiger partial charge in [-0.25, -0.2) is 4.98 Å². The van der Waals surface area contributed by atoms with Crippen molar-refractivity contribution in [2.24, 2.45) is 0 Å². The van der Waals surface area contributed by atoms with Gasteiger partial charge in [-0.05, 0) is 23.3 Å². The van der Waals surface area contributed by atoms with E-state index in [1.54, 1.807) is 25.4 Å². The molecule has 0 fully saturated rings. The number of rotatable bonds is 9. The SMILES string of the molecule is COCCOc1ncccc1C(=O)NCC(c1ccccc1)c1ccccc1. The first-order valence-corrected chi connectivity index (χ1v) is 9.24.